The number of nitrogens with one attached hydrogen (secondary N) is 1. The highest BCUT2D eigenvalue weighted by molar-refractivity contribution is 6.06. The number of carbonyl (C=O) groups is 2. The van der Waals surface area contributed by atoms with Crippen molar-refractivity contribution in [1.82, 2.24) is 4.90 Å². The molecule has 1 N–H and O–H groups in total. The zero-order valence-electron chi connectivity index (χ0n) is 13.1. The van der Waals surface area contributed by atoms with Gasteiger partial charge < -0.3 is 5.32 Å². The van der Waals surface area contributed by atoms with Crippen LogP contribution in [-0.4, -0.2) is 23.4 Å². The summed E-state index contributed by atoms with van der Waals surface area (Å²) >= 11 is 0. The number of allylic oxidation sites excluding steroid dienone is 2. The maximum Gasteiger partial charge on any atom is 0.235 e. The van der Waals surface area contributed by atoms with E-state index in [2.05, 4.69) is 17.5 Å². The fraction of sp³-hybridized carbons (Fsp3) is 0.474. The molecule has 2 amide bonds. The predicted octanol–water partition coefficient (Wildman–Crippen LogP) is 2.42. The summed E-state index contributed by atoms with van der Waals surface area (Å²) in [6.07, 6.45) is 5.63. The zero-order valence-corrected chi connectivity index (χ0v) is 13.1. The molecule has 2 bridgehead atoms. The fourth-order valence-electron chi connectivity index (χ4n) is 5.10. The molecule has 1 aliphatic heterocycles. The molecule has 6 rings (SSSR count). The zero-order chi connectivity index (χ0) is 15.7. The summed E-state index contributed by atoms with van der Waals surface area (Å²) in [5.41, 5.74) is 2.11. The van der Waals surface area contributed by atoms with Gasteiger partial charge in [-0.1, -0.05) is 24.3 Å². The second-order valence-corrected chi connectivity index (χ2v) is 7.46. The normalized spacial score (nSPS) is 39.4. The van der Waals surface area contributed by atoms with Crippen molar-refractivity contribution in [2.24, 2.45) is 35.5 Å². The Kier molecular flexibility index (Phi) is 2.59. The average Bonchev–Trinajstić information content (AvgIpc) is 3.32. The van der Waals surface area contributed by atoms with Crippen LogP contribution in [0, 0.1) is 42.4 Å². The van der Waals surface area contributed by atoms with Gasteiger partial charge in [0, 0.05) is 5.69 Å². The Hall–Kier alpha value is -2.10. The first kappa shape index (κ1) is 13.3. The first-order chi connectivity index (χ1) is 11.1. The monoisotopic (exact) mass is 308 g/mol. The Balaban J connectivity index is 1.37. The molecule has 1 aromatic rings. The van der Waals surface area contributed by atoms with Gasteiger partial charge >= 0.3 is 0 Å². The van der Waals surface area contributed by atoms with Crippen LogP contribution < -0.4 is 5.32 Å². The molecule has 3 fully saturated rings. The molecule has 2 saturated carbocycles. The molecule has 0 radical (unpaired) electrons. The average molecular weight is 308 g/mol. The van der Waals surface area contributed by atoms with Gasteiger partial charge in [-0.05, 0) is 54.7 Å². The molecule has 1 saturated heterocycles. The second kappa shape index (κ2) is 4.47. The number of benzene rings is 1. The number of anilines is 1. The van der Waals surface area contributed by atoms with E-state index in [0.29, 0.717) is 23.7 Å². The highest BCUT2D eigenvalue weighted by Gasteiger charge is 2.66. The quantitative estimate of drug-likeness (QED) is 0.689. The molecule has 4 heteroatoms. The van der Waals surface area contributed by atoms with Crippen LogP contribution in [0.3, 0.4) is 0 Å². The first-order valence-electron chi connectivity index (χ1n) is 8.49. The number of imide groups is 1. The van der Waals surface area contributed by atoms with Crippen molar-refractivity contribution in [2.45, 2.75) is 13.3 Å². The summed E-state index contributed by atoms with van der Waals surface area (Å²) < 4.78 is 0. The van der Waals surface area contributed by atoms with Crippen LogP contribution in [0.1, 0.15) is 12.0 Å². The number of aryl methyl sites for hydroxylation is 1. The van der Waals surface area contributed by atoms with Gasteiger partial charge in [-0.2, -0.15) is 0 Å². The predicted molar refractivity (Wildman–Crippen MR) is 86.2 cm³/mol. The molecule has 118 valence electrons. The fourth-order valence-corrected chi connectivity index (χ4v) is 5.10. The minimum absolute atomic E-state index is 0.0323. The van der Waals surface area contributed by atoms with Crippen molar-refractivity contribution in [1.29, 1.82) is 0 Å². The molecule has 4 nitrogen and oxygen atoms in total. The van der Waals surface area contributed by atoms with Gasteiger partial charge in [0.2, 0.25) is 11.8 Å². The maximum absolute atomic E-state index is 12.8. The third-order valence-corrected chi connectivity index (χ3v) is 6.21. The number of hydrogen-bond acceptors (Lipinski definition) is 3. The summed E-state index contributed by atoms with van der Waals surface area (Å²) in [6.45, 7) is 2.31. The summed E-state index contributed by atoms with van der Waals surface area (Å²) in [4.78, 5) is 27.1. The number of amides is 2. The smallest absolute Gasteiger partial charge is 0.235 e. The van der Waals surface area contributed by atoms with Gasteiger partial charge in [-0.25, -0.2) is 0 Å². The first-order valence-corrected chi connectivity index (χ1v) is 8.49. The minimum atomic E-state index is -0.0967. The van der Waals surface area contributed by atoms with Gasteiger partial charge in [-0.3, -0.25) is 14.5 Å². The van der Waals surface area contributed by atoms with E-state index in [9.17, 15) is 9.59 Å². The van der Waals surface area contributed by atoms with Crippen molar-refractivity contribution in [2.75, 3.05) is 12.0 Å². The van der Waals surface area contributed by atoms with Gasteiger partial charge in [-0.15, -0.1) is 0 Å². The van der Waals surface area contributed by atoms with Gasteiger partial charge in [0.1, 0.15) is 0 Å². The van der Waals surface area contributed by atoms with Crippen molar-refractivity contribution in [3.63, 3.8) is 0 Å². The molecule has 0 spiro atoms. The van der Waals surface area contributed by atoms with Crippen molar-refractivity contribution < 1.29 is 9.59 Å². The third kappa shape index (κ3) is 1.78. The molecule has 4 aliphatic carbocycles. The van der Waals surface area contributed by atoms with Crippen LogP contribution in [0.2, 0.25) is 0 Å². The molecule has 6 atom stereocenters. The van der Waals surface area contributed by atoms with Crippen LogP contribution in [0.5, 0.6) is 0 Å². The Bertz CT molecular complexity index is 705. The molecule has 1 aromatic carbocycles. The lowest BCUT2D eigenvalue weighted by Crippen LogP contribution is -2.40. The van der Waals surface area contributed by atoms with E-state index in [0.717, 1.165) is 11.3 Å². The van der Waals surface area contributed by atoms with E-state index in [-0.39, 0.29) is 30.3 Å². The van der Waals surface area contributed by atoms with Gasteiger partial charge in [0.15, 0.2) is 0 Å². The Morgan fingerprint density at radius 3 is 2.35 bits per heavy atom. The van der Waals surface area contributed by atoms with Crippen LogP contribution in [0.25, 0.3) is 0 Å². The number of nitrogens with zero attached hydrogens (tertiary/aromatic N) is 1. The Morgan fingerprint density at radius 2 is 1.74 bits per heavy atom. The van der Waals surface area contributed by atoms with Crippen LogP contribution in [-0.2, 0) is 9.59 Å². The molecular formula is C19H20N2O2. The summed E-state index contributed by atoms with van der Waals surface area (Å²) in [5, 5.41) is 3.23. The molecular weight excluding hydrogens is 288 g/mol. The molecule has 0 aromatic heterocycles. The molecule has 5 aliphatic rings. The van der Waals surface area contributed by atoms with Crippen LogP contribution in [0.15, 0.2) is 36.4 Å². The highest BCUT2D eigenvalue weighted by Crippen LogP contribution is 2.65. The summed E-state index contributed by atoms with van der Waals surface area (Å²) in [6, 6.07) is 7.99. The number of hydrogen-bond donors (Lipinski definition) is 1. The van der Waals surface area contributed by atoms with Crippen molar-refractivity contribution in [3.05, 3.63) is 42.0 Å². The molecule has 1 heterocycles. The summed E-state index contributed by atoms with van der Waals surface area (Å²) in [7, 11) is 0. The van der Waals surface area contributed by atoms with Crippen molar-refractivity contribution >= 4 is 17.5 Å². The number of carbonyl (C=O) groups excluding carboxylic acids is 2. The van der Waals surface area contributed by atoms with E-state index in [1.54, 1.807) is 0 Å². The van der Waals surface area contributed by atoms with Crippen molar-refractivity contribution in [3.8, 4) is 0 Å². The van der Waals surface area contributed by atoms with E-state index in [1.165, 1.54) is 11.3 Å². The number of rotatable bonds is 3. The summed E-state index contributed by atoms with van der Waals surface area (Å²) in [5.74, 6) is 1.79. The third-order valence-electron chi connectivity index (χ3n) is 6.21. The SMILES string of the molecule is Cc1cccc(NCN2C(=O)[C@H]3[C@@H]4C=C[C@H]([C@H]5C[C@H]45)[C@@H]3C2=O)c1. The minimum Gasteiger partial charge on any atom is -0.367 e. The lowest BCUT2D eigenvalue weighted by atomic mass is 9.63. The Morgan fingerprint density at radius 1 is 1.09 bits per heavy atom. The van der Waals surface area contributed by atoms with Crippen LogP contribution in [0.4, 0.5) is 5.69 Å². The van der Waals surface area contributed by atoms with E-state index in [4.69, 9.17) is 0 Å². The van der Waals surface area contributed by atoms with Crippen LogP contribution >= 0.6 is 0 Å². The van der Waals surface area contributed by atoms with E-state index < -0.39 is 0 Å². The molecule has 0 unspecified atom stereocenters. The van der Waals surface area contributed by atoms with E-state index in [1.807, 2.05) is 31.2 Å². The van der Waals surface area contributed by atoms with Gasteiger partial charge in [0.25, 0.3) is 0 Å². The lowest BCUT2D eigenvalue weighted by molar-refractivity contribution is -0.139. The lowest BCUT2D eigenvalue weighted by Gasteiger charge is -2.37. The topological polar surface area (TPSA) is 49.4 Å². The largest absolute Gasteiger partial charge is 0.367 e. The van der Waals surface area contributed by atoms with E-state index >= 15 is 0 Å². The second-order valence-electron chi connectivity index (χ2n) is 7.46. The maximum atomic E-state index is 12.8. The molecule has 23 heavy (non-hydrogen) atoms. The standard InChI is InChI=1S/C19H20N2O2/c1-10-3-2-4-11(7-10)20-9-21-18(22)16-12-5-6-13(15-8-14(12)15)17(16)19(21)23/h2-7,12-17,20H,8-9H2,1H3/t12-,13-,14-,15-,16+,17+/m1/s1. The number of likely N-dealkylation sites (tertiary alicyclic amines) is 1. The Labute approximate surface area is 135 Å². The van der Waals surface area contributed by atoms with Gasteiger partial charge in [0.05, 0.1) is 18.5 Å². The highest BCUT2D eigenvalue weighted by atomic mass is 16.2.